The number of carbonyl (C=O) groups is 1. The maximum Gasteiger partial charge on any atom is 0.331 e. The number of benzene rings is 2. The molecule has 124 valence electrons. The van der Waals surface area contributed by atoms with Crippen molar-refractivity contribution in [2.24, 2.45) is 4.99 Å². The van der Waals surface area contributed by atoms with Crippen molar-refractivity contribution >= 4 is 34.8 Å². The van der Waals surface area contributed by atoms with Gasteiger partial charge in [0, 0.05) is 23.7 Å². The topological polar surface area (TPSA) is 44.7 Å². The zero-order chi connectivity index (χ0) is 17.1. The third-order valence-corrected chi connectivity index (χ3v) is 4.52. The summed E-state index contributed by atoms with van der Waals surface area (Å²) >= 11 is 6.26. The van der Waals surface area contributed by atoms with Gasteiger partial charge in [-0.25, -0.2) is 4.79 Å². The van der Waals surface area contributed by atoms with Crippen LogP contribution in [0.3, 0.4) is 0 Å². The molecule has 4 nitrogen and oxygen atoms in total. The second-order valence-corrected chi connectivity index (χ2v) is 6.32. The lowest BCUT2D eigenvalue weighted by atomic mass is 10.2. The Morgan fingerprint density at radius 1 is 1.17 bits per heavy atom. The molecular weight excluding hydrogens is 322 g/mol. The predicted octanol–water partition coefficient (Wildman–Crippen LogP) is 5.19. The van der Waals surface area contributed by atoms with E-state index in [2.05, 4.69) is 10.3 Å². The summed E-state index contributed by atoms with van der Waals surface area (Å²) in [6.07, 6.45) is 1.75. The molecule has 0 unspecified atom stereocenters. The van der Waals surface area contributed by atoms with Gasteiger partial charge in [0.1, 0.15) is 5.84 Å². The van der Waals surface area contributed by atoms with Crippen molar-refractivity contribution in [3.05, 3.63) is 58.6 Å². The Labute approximate surface area is 147 Å². The van der Waals surface area contributed by atoms with Crippen molar-refractivity contribution in [2.75, 3.05) is 16.8 Å². The quantitative estimate of drug-likeness (QED) is 0.802. The fraction of sp³-hybridized carbons (Fsp3) is 0.263. The standard InChI is InChI=1S/C19H20ClN3O/c1-13-9-10-15(12-16(13)20)23(18-8-5-11-21-18)19(24)22-17-7-4-3-6-14(17)2/h3-4,6-7,9-10,12H,5,8,11H2,1-2H3,(H,22,24). The zero-order valence-corrected chi connectivity index (χ0v) is 14.6. The van der Waals surface area contributed by atoms with Crippen molar-refractivity contribution in [3.8, 4) is 0 Å². The van der Waals surface area contributed by atoms with Gasteiger partial charge in [0.05, 0.1) is 5.69 Å². The number of hydrogen-bond donors (Lipinski definition) is 1. The molecule has 2 amide bonds. The number of para-hydroxylation sites is 1. The molecule has 1 heterocycles. The minimum atomic E-state index is -0.218. The van der Waals surface area contributed by atoms with Crippen LogP contribution in [0, 0.1) is 13.8 Å². The van der Waals surface area contributed by atoms with Gasteiger partial charge in [0.2, 0.25) is 0 Å². The van der Waals surface area contributed by atoms with Gasteiger partial charge < -0.3 is 5.32 Å². The summed E-state index contributed by atoms with van der Waals surface area (Å²) in [6.45, 7) is 4.66. The Morgan fingerprint density at radius 2 is 1.96 bits per heavy atom. The van der Waals surface area contributed by atoms with E-state index in [9.17, 15) is 4.79 Å². The second kappa shape index (κ2) is 7.05. The van der Waals surface area contributed by atoms with E-state index < -0.39 is 0 Å². The summed E-state index contributed by atoms with van der Waals surface area (Å²) in [5, 5.41) is 3.62. The van der Waals surface area contributed by atoms with E-state index in [-0.39, 0.29) is 6.03 Å². The molecule has 0 saturated carbocycles. The van der Waals surface area contributed by atoms with Crippen LogP contribution in [-0.2, 0) is 0 Å². The highest BCUT2D eigenvalue weighted by Crippen LogP contribution is 2.26. The van der Waals surface area contributed by atoms with Gasteiger partial charge in [-0.05, 0) is 49.6 Å². The van der Waals surface area contributed by atoms with Crippen LogP contribution in [-0.4, -0.2) is 18.4 Å². The van der Waals surface area contributed by atoms with Crippen LogP contribution in [0.15, 0.2) is 47.5 Å². The number of anilines is 2. The van der Waals surface area contributed by atoms with Gasteiger partial charge >= 0.3 is 6.03 Å². The number of amidine groups is 1. The summed E-state index contributed by atoms with van der Waals surface area (Å²) in [5.41, 5.74) is 3.52. The van der Waals surface area contributed by atoms with Crippen molar-refractivity contribution in [1.29, 1.82) is 0 Å². The van der Waals surface area contributed by atoms with Crippen LogP contribution >= 0.6 is 11.6 Å². The maximum atomic E-state index is 12.9. The van der Waals surface area contributed by atoms with Gasteiger partial charge in [0.15, 0.2) is 0 Å². The van der Waals surface area contributed by atoms with Crippen LogP contribution in [0.2, 0.25) is 5.02 Å². The summed E-state index contributed by atoms with van der Waals surface area (Å²) in [4.78, 5) is 19.1. The predicted molar refractivity (Wildman–Crippen MR) is 100 cm³/mol. The summed E-state index contributed by atoms with van der Waals surface area (Å²) in [6, 6.07) is 13.1. The fourth-order valence-corrected chi connectivity index (χ4v) is 2.87. The van der Waals surface area contributed by atoms with Crippen LogP contribution in [0.1, 0.15) is 24.0 Å². The average Bonchev–Trinajstić information content (AvgIpc) is 3.07. The number of aliphatic imine (C=N–C) groups is 1. The van der Waals surface area contributed by atoms with E-state index in [0.29, 0.717) is 5.02 Å². The summed E-state index contributed by atoms with van der Waals surface area (Å²) in [5.74, 6) is 0.779. The van der Waals surface area contributed by atoms with Gasteiger partial charge in [-0.1, -0.05) is 35.9 Å². The molecule has 3 rings (SSSR count). The molecule has 0 aromatic heterocycles. The zero-order valence-electron chi connectivity index (χ0n) is 13.8. The Morgan fingerprint density at radius 3 is 2.62 bits per heavy atom. The molecule has 0 atom stereocenters. The first-order valence-electron chi connectivity index (χ1n) is 8.02. The number of amides is 2. The Hall–Kier alpha value is -2.33. The normalized spacial score (nSPS) is 13.5. The molecule has 0 radical (unpaired) electrons. The molecule has 2 aromatic carbocycles. The number of carbonyl (C=O) groups excluding carboxylic acids is 1. The molecule has 0 aliphatic carbocycles. The number of halogens is 1. The largest absolute Gasteiger partial charge is 0.331 e. The Kier molecular flexibility index (Phi) is 4.86. The molecule has 0 fully saturated rings. The lowest BCUT2D eigenvalue weighted by Gasteiger charge is -2.24. The molecule has 0 saturated heterocycles. The molecule has 2 aromatic rings. The first-order valence-corrected chi connectivity index (χ1v) is 8.40. The smallest absolute Gasteiger partial charge is 0.307 e. The molecule has 1 N–H and O–H groups in total. The van der Waals surface area contributed by atoms with Crippen molar-refractivity contribution < 1.29 is 4.79 Å². The first kappa shape index (κ1) is 16.5. The Balaban J connectivity index is 1.94. The monoisotopic (exact) mass is 341 g/mol. The maximum absolute atomic E-state index is 12.9. The van der Waals surface area contributed by atoms with E-state index >= 15 is 0 Å². The van der Waals surface area contributed by atoms with Crippen molar-refractivity contribution in [1.82, 2.24) is 0 Å². The average molecular weight is 342 g/mol. The SMILES string of the molecule is Cc1ccc(N(C(=O)Nc2ccccc2C)C2=NCCC2)cc1Cl. The summed E-state index contributed by atoms with van der Waals surface area (Å²) < 4.78 is 0. The lowest BCUT2D eigenvalue weighted by molar-refractivity contribution is 0.259. The van der Waals surface area contributed by atoms with Gasteiger partial charge in [-0.15, -0.1) is 0 Å². The van der Waals surface area contributed by atoms with Crippen LogP contribution in [0.4, 0.5) is 16.2 Å². The summed E-state index contributed by atoms with van der Waals surface area (Å²) in [7, 11) is 0. The number of aryl methyl sites for hydroxylation is 2. The number of hydrogen-bond acceptors (Lipinski definition) is 2. The van der Waals surface area contributed by atoms with Gasteiger partial charge in [-0.2, -0.15) is 0 Å². The van der Waals surface area contributed by atoms with E-state index in [0.717, 1.165) is 47.7 Å². The van der Waals surface area contributed by atoms with Gasteiger partial charge in [-0.3, -0.25) is 9.89 Å². The lowest BCUT2D eigenvalue weighted by Crippen LogP contribution is -2.39. The van der Waals surface area contributed by atoms with Crippen molar-refractivity contribution in [2.45, 2.75) is 26.7 Å². The number of urea groups is 1. The molecule has 5 heteroatoms. The van der Waals surface area contributed by atoms with Crippen LogP contribution < -0.4 is 10.2 Å². The van der Waals surface area contributed by atoms with E-state index in [4.69, 9.17) is 11.6 Å². The molecule has 0 spiro atoms. The third kappa shape index (κ3) is 3.44. The van der Waals surface area contributed by atoms with Crippen LogP contribution in [0.25, 0.3) is 0 Å². The highest BCUT2D eigenvalue weighted by atomic mass is 35.5. The Bertz CT molecular complexity index is 801. The molecular formula is C19H20ClN3O. The highest BCUT2D eigenvalue weighted by Gasteiger charge is 2.24. The van der Waals surface area contributed by atoms with Crippen LogP contribution in [0.5, 0.6) is 0 Å². The molecule has 24 heavy (non-hydrogen) atoms. The number of rotatable bonds is 2. The minimum Gasteiger partial charge on any atom is -0.307 e. The van der Waals surface area contributed by atoms with E-state index in [1.54, 1.807) is 4.90 Å². The van der Waals surface area contributed by atoms with Gasteiger partial charge in [0.25, 0.3) is 0 Å². The number of nitrogens with zero attached hydrogens (tertiary/aromatic N) is 2. The fourth-order valence-electron chi connectivity index (χ4n) is 2.70. The van der Waals surface area contributed by atoms with E-state index in [1.807, 2.05) is 56.3 Å². The minimum absolute atomic E-state index is 0.218. The molecule has 1 aliphatic rings. The molecule has 1 aliphatic heterocycles. The number of nitrogens with one attached hydrogen (secondary N) is 1. The first-order chi connectivity index (χ1) is 11.6. The van der Waals surface area contributed by atoms with Crippen molar-refractivity contribution in [3.63, 3.8) is 0 Å². The van der Waals surface area contributed by atoms with E-state index in [1.165, 1.54) is 0 Å². The highest BCUT2D eigenvalue weighted by molar-refractivity contribution is 6.32. The third-order valence-electron chi connectivity index (χ3n) is 4.11. The second-order valence-electron chi connectivity index (χ2n) is 5.92. The molecule has 0 bridgehead atoms.